The number of rotatable bonds is 4. The Morgan fingerprint density at radius 3 is 2.67 bits per heavy atom. The van der Waals surface area contributed by atoms with Gasteiger partial charge in [0.2, 0.25) is 0 Å². The lowest BCUT2D eigenvalue weighted by molar-refractivity contribution is 0.445. The van der Waals surface area contributed by atoms with Crippen LogP contribution in [0.4, 0.5) is 0 Å². The Labute approximate surface area is 93.5 Å². The van der Waals surface area contributed by atoms with Gasteiger partial charge in [-0.2, -0.15) is 8.42 Å². The normalized spacial score (nSPS) is 14.1. The molecule has 0 aliphatic heterocycles. The molecule has 1 unspecified atom stereocenters. The van der Waals surface area contributed by atoms with Crippen molar-refractivity contribution < 1.29 is 21.4 Å². The van der Waals surface area contributed by atoms with E-state index in [-0.39, 0.29) is 15.6 Å². The molecule has 0 bridgehead atoms. The molecule has 0 amide bonds. The highest BCUT2D eigenvalue weighted by molar-refractivity contribution is 7.88. The van der Waals surface area contributed by atoms with Crippen LogP contribution >= 0.6 is 11.3 Å². The fourth-order valence-electron chi connectivity index (χ4n) is 0.889. The van der Waals surface area contributed by atoms with E-state index >= 15 is 0 Å². The molecule has 6 nitrogen and oxygen atoms in total. The van der Waals surface area contributed by atoms with E-state index in [1.54, 1.807) is 0 Å². The summed E-state index contributed by atoms with van der Waals surface area (Å²) in [6.45, 7) is 0.0324. The molecule has 0 aliphatic rings. The first kappa shape index (κ1) is 12.7. The molecular weight excluding hydrogens is 262 g/mol. The summed E-state index contributed by atoms with van der Waals surface area (Å²) < 4.78 is 46.0. The van der Waals surface area contributed by atoms with Crippen molar-refractivity contribution >= 4 is 32.5 Å². The molecule has 0 saturated carbocycles. The van der Waals surface area contributed by atoms with E-state index in [4.69, 9.17) is 10.3 Å². The smallest absolute Gasteiger partial charge is 0.304 e. The van der Waals surface area contributed by atoms with Crippen molar-refractivity contribution in [1.82, 2.24) is 0 Å². The first-order valence-corrected chi connectivity index (χ1v) is 6.99. The van der Waals surface area contributed by atoms with E-state index in [9.17, 15) is 12.6 Å². The van der Waals surface area contributed by atoms with E-state index in [1.165, 1.54) is 7.11 Å². The third-order valence-corrected chi connectivity index (χ3v) is 5.13. The van der Waals surface area contributed by atoms with Crippen LogP contribution in [0.1, 0.15) is 4.88 Å². The lowest BCUT2D eigenvalue weighted by Gasteiger charge is -1.96. The second kappa shape index (κ2) is 4.68. The van der Waals surface area contributed by atoms with Crippen LogP contribution in [0.2, 0.25) is 0 Å². The van der Waals surface area contributed by atoms with Crippen molar-refractivity contribution in [3.05, 3.63) is 10.9 Å². The predicted molar refractivity (Wildman–Crippen MR) is 55.4 cm³/mol. The highest BCUT2D eigenvalue weighted by Gasteiger charge is 2.20. The molecule has 3 N–H and O–H groups in total. The number of nitrogens with two attached hydrogens (primary N) is 1. The highest BCUT2D eigenvalue weighted by atomic mass is 32.3. The fraction of sp³-hybridized carbons (Fsp3) is 0.333. The number of thiophene rings is 1. The molecule has 86 valence electrons. The molecule has 1 atom stereocenters. The maximum absolute atomic E-state index is 11.3. The summed E-state index contributed by atoms with van der Waals surface area (Å²) in [5.41, 5.74) is 5.34. The van der Waals surface area contributed by atoms with Crippen molar-refractivity contribution in [3.8, 4) is 0 Å². The molecule has 1 aromatic heterocycles. The Bertz CT molecular complexity index is 477. The Morgan fingerprint density at radius 2 is 2.27 bits per heavy atom. The third-order valence-electron chi connectivity index (χ3n) is 1.52. The van der Waals surface area contributed by atoms with Crippen molar-refractivity contribution in [2.24, 2.45) is 5.73 Å². The van der Waals surface area contributed by atoms with E-state index in [0.29, 0.717) is 4.88 Å². The molecule has 0 radical (unpaired) electrons. The van der Waals surface area contributed by atoms with Gasteiger partial charge < -0.3 is 5.73 Å². The molecule has 0 aromatic carbocycles. The minimum absolute atomic E-state index is 0.0324. The van der Waals surface area contributed by atoms with Crippen LogP contribution in [0.25, 0.3) is 0 Å². The number of hydrogen-bond acceptors (Lipinski definition) is 6. The van der Waals surface area contributed by atoms with Gasteiger partial charge in [-0.25, -0.2) is 4.21 Å². The Kier molecular flexibility index (Phi) is 3.98. The van der Waals surface area contributed by atoms with Crippen LogP contribution in [0.3, 0.4) is 0 Å². The average Bonchev–Trinajstić information content (AvgIpc) is 2.59. The quantitative estimate of drug-likeness (QED) is 0.753. The standard InChI is InChI=1S/C6H9NO5S3/c1-12-14(8)5-2-6(15(9,10)11)13-4(5)3-7/h2H,3,7H2,1H3,(H,9,10,11). The van der Waals surface area contributed by atoms with Gasteiger partial charge in [-0.05, 0) is 6.07 Å². The molecular formula is C6H9NO5S3. The molecule has 0 spiro atoms. The molecule has 1 rings (SSSR count). The summed E-state index contributed by atoms with van der Waals surface area (Å²) in [5.74, 6) is 0. The second-order valence-corrected chi connectivity index (χ2v) is 6.46. The lowest BCUT2D eigenvalue weighted by atomic mass is 10.5. The Hall–Kier alpha value is -0.320. The zero-order valence-corrected chi connectivity index (χ0v) is 10.1. The van der Waals surface area contributed by atoms with Gasteiger partial charge in [0.25, 0.3) is 0 Å². The minimum Gasteiger partial charge on any atom is -0.326 e. The van der Waals surface area contributed by atoms with Gasteiger partial charge in [0.15, 0.2) is 11.1 Å². The van der Waals surface area contributed by atoms with Gasteiger partial charge in [0.1, 0.15) is 4.21 Å². The Balaban J connectivity index is 3.29. The molecule has 9 heteroatoms. The molecule has 1 aromatic rings. The van der Waals surface area contributed by atoms with Gasteiger partial charge in [-0.1, -0.05) is 0 Å². The topological polar surface area (TPSA) is 107 Å². The Morgan fingerprint density at radius 1 is 1.67 bits per heavy atom. The van der Waals surface area contributed by atoms with Crippen molar-refractivity contribution in [3.63, 3.8) is 0 Å². The zero-order valence-electron chi connectivity index (χ0n) is 7.67. The van der Waals surface area contributed by atoms with Gasteiger partial charge in [-0.15, -0.1) is 11.3 Å². The molecule has 0 saturated heterocycles. The predicted octanol–water partition coefficient (Wildman–Crippen LogP) is 0.123. The molecule has 1 heterocycles. The van der Waals surface area contributed by atoms with Crippen molar-refractivity contribution in [2.45, 2.75) is 15.6 Å². The summed E-state index contributed by atoms with van der Waals surface area (Å²) in [6.07, 6.45) is 0. The van der Waals surface area contributed by atoms with Crippen LogP contribution in [-0.4, -0.2) is 24.3 Å². The van der Waals surface area contributed by atoms with Gasteiger partial charge in [-0.3, -0.25) is 8.74 Å². The van der Waals surface area contributed by atoms with E-state index in [2.05, 4.69) is 4.18 Å². The van der Waals surface area contributed by atoms with Crippen molar-refractivity contribution in [2.75, 3.05) is 7.11 Å². The fourth-order valence-corrected chi connectivity index (χ4v) is 3.68. The maximum Gasteiger partial charge on any atom is 0.304 e. The summed E-state index contributed by atoms with van der Waals surface area (Å²) in [7, 11) is -3.06. The average molecular weight is 271 g/mol. The minimum atomic E-state index is -4.28. The van der Waals surface area contributed by atoms with Crippen molar-refractivity contribution in [1.29, 1.82) is 0 Å². The van der Waals surface area contributed by atoms with Crippen LogP contribution in [0, 0.1) is 0 Å². The summed E-state index contributed by atoms with van der Waals surface area (Å²) in [4.78, 5) is 0.584. The van der Waals surface area contributed by atoms with E-state index < -0.39 is 21.2 Å². The summed E-state index contributed by atoms with van der Waals surface area (Å²) in [5, 5.41) is 0. The first-order valence-electron chi connectivity index (χ1n) is 3.66. The third kappa shape index (κ3) is 2.83. The van der Waals surface area contributed by atoms with Crippen LogP contribution in [0.5, 0.6) is 0 Å². The van der Waals surface area contributed by atoms with Gasteiger partial charge in [0.05, 0.1) is 12.0 Å². The highest BCUT2D eigenvalue weighted by Crippen LogP contribution is 2.28. The van der Waals surface area contributed by atoms with Gasteiger partial charge >= 0.3 is 10.1 Å². The second-order valence-electron chi connectivity index (χ2n) is 2.43. The van der Waals surface area contributed by atoms with E-state index in [1.807, 2.05) is 0 Å². The molecule has 0 fully saturated rings. The van der Waals surface area contributed by atoms with Gasteiger partial charge in [0, 0.05) is 11.4 Å². The SMILES string of the molecule is COS(=O)c1cc(S(=O)(=O)O)sc1CN. The van der Waals surface area contributed by atoms with E-state index in [0.717, 1.165) is 17.4 Å². The summed E-state index contributed by atoms with van der Waals surface area (Å²) >= 11 is -0.987. The monoisotopic (exact) mass is 271 g/mol. The zero-order chi connectivity index (χ0) is 11.6. The largest absolute Gasteiger partial charge is 0.326 e. The summed E-state index contributed by atoms with van der Waals surface area (Å²) in [6, 6.07) is 1.10. The maximum atomic E-state index is 11.3. The van der Waals surface area contributed by atoms with Crippen LogP contribution in [-0.2, 0) is 31.9 Å². The molecule has 15 heavy (non-hydrogen) atoms. The van der Waals surface area contributed by atoms with Crippen LogP contribution < -0.4 is 5.73 Å². The lowest BCUT2D eigenvalue weighted by Crippen LogP contribution is -2.00. The van der Waals surface area contributed by atoms with Crippen LogP contribution in [0.15, 0.2) is 15.2 Å². The molecule has 0 aliphatic carbocycles. The first-order chi connectivity index (χ1) is 6.90. The number of hydrogen-bond donors (Lipinski definition) is 2.